The highest BCUT2D eigenvalue weighted by molar-refractivity contribution is 5.99. The van der Waals surface area contributed by atoms with E-state index < -0.39 is 5.92 Å². The number of halogens is 2. The number of hydrogen-bond donors (Lipinski definition) is 2. The molecule has 0 bridgehead atoms. The Kier molecular flexibility index (Phi) is 5.41. The van der Waals surface area contributed by atoms with Crippen LogP contribution in [-0.4, -0.2) is 55.8 Å². The standard InChI is InChI=1S/C25H26F2N6O2/c1-24(2)12-16-13-29-23(28)30-19(16)21-18(24)20(31-32-21)17(34)11-14-3-5-15(6-4-14)22(35)33-9-7-25(26,27)8-10-33/h3-6,13H,7-12H2,1-2H3,(H,31,32)(H2,28,29,30). The second-order valence-corrected chi connectivity index (χ2v) is 9.93. The first-order valence-electron chi connectivity index (χ1n) is 11.5. The zero-order valence-electron chi connectivity index (χ0n) is 19.6. The Hall–Kier alpha value is -3.69. The fourth-order valence-electron chi connectivity index (χ4n) is 4.95. The maximum absolute atomic E-state index is 13.4. The number of anilines is 1. The minimum absolute atomic E-state index is 0.0342. The van der Waals surface area contributed by atoms with Crippen LogP contribution < -0.4 is 5.73 Å². The fourth-order valence-corrected chi connectivity index (χ4v) is 4.95. The molecular formula is C25H26F2N6O2. The van der Waals surface area contributed by atoms with Gasteiger partial charge in [0, 0.05) is 49.7 Å². The van der Waals surface area contributed by atoms with E-state index in [9.17, 15) is 18.4 Å². The van der Waals surface area contributed by atoms with Gasteiger partial charge in [-0.3, -0.25) is 14.7 Å². The topological polar surface area (TPSA) is 118 Å². The molecule has 3 aromatic rings. The van der Waals surface area contributed by atoms with Crippen LogP contribution in [0.3, 0.4) is 0 Å². The van der Waals surface area contributed by atoms with Gasteiger partial charge in [0.2, 0.25) is 5.95 Å². The van der Waals surface area contributed by atoms with Gasteiger partial charge in [-0.2, -0.15) is 5.10 Å². The number of carbonyl (C=O) groups excluding carboxylic acids is 2. The van der Waals surface area contributed by atoms with Crippen LogP contribution in [0.15, 0.2) is 30.5 Å². The lowest BCUT2D eigenvalue weighted by Gasteiger charge is -2.31. The van der Waals surface area contributed by atoms with Crippen LogP contribution in [0.5, 0.6) is 0 Å². The van der Waals surface area contributed by atoms with Crippen molar-refractivity contribution in [1.29, 1.82) is 0 Å². The average Bonchev–Trinajstić information content (AvgIpc) is 3.27. The van der Waals surface area contributed by atoms with Crippen molar-refractivity contribution >= 4 is 17.6 Å². The van der Waals surface area contributed by atoms with E-state index in [4.69, 9.17) is 5.73 Å². The van der Waals surface area contributed by atoms with Crippen molar-refractivity contribution in [2.75, 3.05) is 18.8 Å². The first-order valence-corrected chi connectivity index (χ1v) is 11.5. The number of fused-ring (bicyclic) bond motifs is 3. The summed E-state index contributed by atoms with van der Waals surface area (Å²) in [6, 6.07) is 6.72. The van der Waals surface area contributed by atoms with E-state index in [1.807, 2.05) is 13.8 Å². The number of nitrogens with two attached hydrogens (primary N) is 1. The van der Waals surface area contributed by atoms with Crippen LogP contribution in [-0.2, 0) is 18.3 Å². The summed E-state index contributed by atoms with van der Waals surface area (Å²) in [5, 5.41) is 7.31. The minimum Gasteiger partial charge on any atom is -0.368 e. The number of benzene rings is 1. The molecule has 0 radical (unpaired) electrons. The molecule has 2 aromatic heterocycles. The molecule has 8 nitrogen and oxygen atoms in total. The zero-order valence-corrected chi connectivity index (χ0v) is 19.6. The second kappa shape index (κ2) is 8.21. The smallest absolute Gasteiger partial charge is 0.253 e. The van der Waals surface area contributed by atoms with E-state index in [0.717, 1.165) is 16.7 Å². The van der Waals surface area contributed by atoms with E-state index in [0.29, 0.717) is 29.1 Å². The monoisotopic (exact) mass is 480 g/mol. The minimum atomic E-state index is -2.71. The van der Waals surface area contributed by atoms with Gasteiger partial charge in [-0.05, 0) is 35.1 Å². The number of amides is 1. The predicted octanol–water partition coefficient (Wildman–Crippen LogP) is 3.58. The third-order valence-corrected chi connectivity index (χ3v) is 6.81. The molecule has 0 spiro atoms. The molecule has 1 amide bonds. The Labute approximate surface area is 201 Å². The average molecular weight is 481 g/mol. The van der Waals surface area contributed by atoms with E-state index in [1.165, 1.54) is 4.90 Å². The maximum Gasteiger partial charge on any atom is 0.253 e. The summed E-state index contributed by atoms with van der Waals surface area (Å²) < 4.78 is 26.8. The largest absolute Gasteiger partial charge is 0.368 e. The number of alkyl halides is 2. The fraction of sp³-hybridized carbons (Fsp3) is 0.400. The van der Waals surface area contributed by atoms with Crippen LogP contribution >= 0.6 is 0 Å². The summed E-state index contributed by atoms with van der Waals surface area (Å²) in [5.74, 6) is -2.96. The SMILES string of the molecule is CC1(C)Cc2cnc(N)nc2-c2n[nH]c(C(=O)Cc3ccc(C(=O)N4CCC(F)(F)CC4)cc3)c21. The quantitative estimate of drug-likeness (QED) is 0.551. The molecule has 0 saturated carbocycles. The van der Waals surface area contributed by atoms with Crippen LogP contribution in [0.1, 0.15) is 64.2 Å². The molecule has 1 fully saturated rings. The first kappa shape index (κ1) is 23.1. The van der Waals surface area contributed by atoms with Crippen LogP contribution in [0.2, 0.25) is 0 Å². The number of aromatic amines is 1. The number of ketones is 1. The van der Waals surface area contributed by atoms with Gasteiger partial charge in [0.15, 0.2) is 5.78 Å². The summed E-state index contributed by atoms with van der Waals surface area (Å²) in [6.07, 6.45) is 1.83. The Morgan fingerprint density at radius 2 is 1.80 bits per heavy atom. The van der Waals surface area contributed by atoms with E-state index in [1.54, 1.807) is 30.5 Å². The lowest BCUT2D eigenvalue weighted by atomic mass is 9.72. The molecule has 3 N–H and O–H groups in total. The Morgan fingerprint density at radius 1 is 1.11 bits per heavy atom. The number of Topliss-reactive ketones (excluding diaryl/α,β-unsaturated/α-hetero) is 1. The van der Waals surface area contributed by atoms with Crippen molar-refractivity contribution in [2.24, 2.45) is 0 Å². The molecule has 182 valence electrons. The van der Waals surface area contributed by atoms with Gasteiger partial charge in [-0.1, -0.05) is 26.0 Å². The summed E-state index contributed by atoms with van der Waals surface area (Å²) in [5.41, 5.74) is 10.00. The van der Waals surface area contributed by atoms with Crippen LogP contribution in [0.25, 0.3) is 11.4 Å². The lowest BCUT2D eigenvalue weighted by Crippen LogP contribution is -2.42. The molecule has 1 aliphatic heterocycles. The van der Waals surface area contributed by atoms with Gasteiger partial charge >= 0.3 is 0 Å². The molecule has 3 heterocycles. The molecule has 0 unspecified atom stereocenters. The van der Waals surface area contributed by atoms with Gasteiger partial charge in [-0.25, -0.2) is 18.7 Å². The molecule has 1 saturated heterocycles. The number of likely N-dealkylation sites (tertiary alicyclic amines) is 1. The van der Waals surface area contributed by atoms with Gasteiger partial charge in [0.05, 0.1) is 5.69 Å². The van der Waals surface area contributed by atoms with Crippen molar-refractivity contribution in [3.63, 3.8) is 0 Å². The number of hydrogen-bond acceptors (Lipinski definition) is 6. The highest BCUT2D eigenvalue weighted by Gasteiger charge is 2.39. The second-order valence-electron chi connectivity index (χ2n) is 9.93. The van der Waals surface area contributed by atoms with Crippen molar-refractivity contribution in [3.8, 4) is 11.4 Å². The summed E-state index contributed by atoms with van der Waals surface area (Å²) >= 11 is 0. The molecule has 35 heavy (non-hydrogen) atoms. The van der Waals surface area contributed by atoms with E-state index in [2.05, 4.69) is 20.2 Å². The Balaban J connectivity index is 1.34. The van der Waals surface area contributed by atoms with Gasteiger partial charge < -0.3 is 10.6 Å². The number of nitrogen functional groups attached to an aromatic ring is 1. The van der Waals surface area contributed by atoms with Crippen LogP contribution in [0.4, 0.5) is 14.7 Å². The molecular weight excluding hydrogens is 454 g/mol. The highest BCUT2D eigenvalue weighted by Crippen LogP contribution is 2.43. The normalized spacial score (nSPS) is 18.0. The molecule has 2 aliphatic rings. The third kappa shape index (κ3) is 4.28. The summed E-state index contributed by atoms with van der Waals surface area (Å²) in [4.78, 5) is 35.8. The van der Waals surface area contributed by atoms with Crippen LogP contribution in [0, 0.1) is 0 Å². The van der Waals surface area contributed by atoms with Crippen molar-refractivity contribution in [2.45, 2.75) is 50.9 Å². The number of nitrogens with one attached hydrogen (secondary N) is 1. The molecule has 5 rings (SSSR count). The number of H-pyrrole nitrogens is 1. The Morgan fingerprint density at radius 3 is 2.49 bits per heavy atom. The Bertz CT molecular complexity index is 1310. The predicted molar refractivity (Wildman–Crippen MR) is 125 cm³/mol. The zero-order chi connectivity index (χ0) is 25.0. The van der Waals surface area contributed by atoms with E-state index in [-0.39, 0.29) is 55.4 Å². The van der Waals surface area contributed by atoms with Gasteiger partial charge in [-0.15, -0.1) is 0 Å². The number of nitrogens with zero attached hydrogens (tertiary/aromatic N) is 4. The van der Waals surface area contributed by atoms with Crippen molar-refractivity contribution in [1.82, 2.24) is 25.1 Å². The molecule has 10 heteroatoms. The molecule has 1 aliphatic carbocycles. The number of rotatable bonds is 4. The molecule has 1 aromatic carbocycles. The maximum atomic E-state index is 13.4. The highest BCUT2D eigenvalue weighted by atomic mass is 19.3. The first-order chi connectivity index (χ1) is 16.5. The van der Waals surface area contributed by atoms with Gasteiger partial charge in [0.1, 0.15) is 11.4 Å². The number of carbonyl (C=O) groups is 2. The van der Waals surface area contributed by atoms with Gasteiger partial charge in [0.25, 0.3) is 11.8 Å². The molecule has 0 atom stereocenters. The summed E-state index contributed by atoms with van der Waals surface area (Å²) in [7, 11) is 0. The summed E-state index contributed by atoms with van der Waals surface area (Å²) in [6.45, 7) is 4.17. The van der Waals surface area contributed by atoms with Crippen molar-refractivity contribution < 1.29 is 18.4 Å². The lowest BCUT2D eigenvalue weighted by molar-refractivity contribution is -0.0494. The third-order valence-electron chi connectivity index (χ3n) is 6.81. The number of aromatic nitrogens is 4. The number of piperidine rings is 1. The van der Waals surface area contributed by atoms with Crippen molar-refractivity contribution in [3.05, 3.63) is 58.4 Å². The van der Waals surface area contributed by atoms with E-state index >= 15 is 0 Å².